The minimum atomic E-state index is 0.534. The number of anilines is 1. The van der Waals surface area contributed by atoms with Crippen molar-refractivity contribution in [2.45, 2.75) is 33.5 Å². The highest BCUT2D eigenvalue weighted by Crippen LogP contribution is 2.34. The van der Waals surface area contributed by atoms with Gasteiger partial charge in [-0.05, 0) is 43.0 Å². The van der Waals surface area contributed by atoms with Gasteiger partial charge in [-0.3, -0.25) is 0 Å². The Labute approximate surface area is 160 Å². The standard InChI is InChI=1S/C22H27N3O2/c1-16-17(2)25(15-27-13-12-26-3)20-8-10-23-22(21(16)20)24-11-9-18-6-4-5-7-19(18)14-24/h4-8,10H,9,11-15H2,1-3H3. The van der Waals surface area contributed by atoms with Gasteiger partial charge in [0.2, 0.25) is 0 Å². The second-order valence-corrected chi connectivity index (χ2v) is 7.14. The molecule has 4 rings (SSSR count). The van der Waals surface area contributed by atoms with Crippen molar-refractivity contribution in [3.8, 4) is 0 Å². The number of pyridine rings is 1. The first-order chi connectivity index (χ1) is 13.2. The maximum Gasteiger partial charge on any atom is 0.138 e. The summed E-state index contributed by atoms with van der Waals surface area (Å²) in [6.45, 7) is 7.99. The Balaban J connectivity index is 1.68. The van der Waals surface area contributed by atoms with Crippen LogP contribution in [0.2, 0.25) is 0 Å². The number of aromatic nitrogens is 2. The summed E-state index contributed by atoms with van der Waals surface area (Å²) in [6, 6.07) is 10.8. The normalized spacial score (nSPS) is 14.0. The lowest BCUT2D eigenvalue weighted by atomic mass is 9.99. The number of rotatable bonds is 6. The van der Waals surface area contributed by atoms with Gasteiger partial charge in [0.15, 0.2) is 0 Å². The van der Waals surface area contributed by atoms with Gasteiger partial charge in [0, 0.05) is 37.5 Å². The number of fused-ring (bicyclic) bond motifs is 2. The first-order valence-corrected chi connectivity index (χ1v) is 9.53. The summed E-state index contributed by atoms with van der Waals surface area (Å²) in [4.78, 5) is 7.19. The number of benzene rings is 1. The molecule has 0 fully saturated rings. The third-order valence-electron chi connectivity index (χ3n) is 5.60. The second kappa shape index (κ2) is 7.71. The molecule has 0 N–H and O–H groups in total. The molecule has 27 heavy (non-hydrogen) atoms. The van der Waals surface area contributed by atoms with Gasteiger partial charge in [0.25, 0.3) is 0 Å². The predicted octanol–water partition coefficient (Wildman–Crippen LogP) is 3.84. The molecule has 0 saturated carbocycles. The molecule has 3 heterocycles. The van der Waals surface area contributed by atoms with Crippen LogP contribution in [-0.2, 0) is 29.2 Å². The summed E-state index contributed by atoms with van der Waals surface area (Å²) in [5.41, 5.74) is 6.56. The van der Waals surface area contributed by atoms with Crippen LogP contribution in [0.5, 0.6) is 0 Å². The van der Waals surface area contributed by atoms with E-state index in [0.717, 1.165) is 25.3 Å². The molecule has 5 heteroatoms. The monoisotopic (exact) mass is 365 g/mol. The molecule has 142 valence electrons. The second-order valence-electron chi connectivity index (χ2n) is 7.14. The average molecular weight is 365 g/mol. The van der Waals surface area contributed by atoms with Gasteiger partial charge in [0.05, 0.1) is 18.7 Å². The van der Waals surface area contributed by atoms with Crippen LogP contribution in [0.3, 0.4) is 0 Å². The molecule has 5 nitrogen and oxygen atoms in total. The van der Waals surface area contributed by atoms with Gasteiger partial charge in [-0.2, -0.15) is 0 Å². The molecule has 0 aliphatic carbocycles. The van der Waals surface area contributed by atoms with Crippen LogP contribution in [-0.4, -0.2) is 36.4 Å². The molecule has 0 bridgehead atoms. The highest BCUT2D eigenvalue weighted by Gasteiger charge is 2.22. The topological polar surface area (TPSA) is 39.5 Å². The van der Waals surface area contributed by atoms with Gasteiger partial charge in [-0.15, -0.1) is 0 Å². The zero-order chi connectivity index (χ0) is 18.8. The van der Waals surface area contributed by atoms with Crippen molar-refractivity contribution in [3.05, 3.63) is 58.9 Å². The van der Waals surface area contributed by atoms with E-state index < -0.39 is 0 Å². The number of hydrogen-bond donors (Lipinski definition) is 0. The summed E-state index contributed by atoms with van der Waals surface area (Å²) in [6.07, 6.45) is 2.98. The average Bonchev–Trinajstić information content (AvgIpc) is 2.95. The van der Waals surface area contributed by atoms with Crippen molar-refractivity contribution in [1.82, 2.24) is 9.55 Å². The first-order valence-electron chi connectivity index (χ1n) is 9.53. The highest BCUT2D eigenvalue weighted by atomic mass is 16.5. The molecule has 0 atom stereocenters. The Morgan fingerprint density at radius 1 is 1.07 bits per heavy atom. The molecule has 3 aromatic rings. The number of methoxy groups -OCH3 is 1. The zero-order valence-corrected chi connectivity index (χ0v) is 16.4. The maximum atomic E-state index is 5.80. The van der Waals surface area contributed by atoms with Gasteiger partial charge >= 0.3 is 0 Å². The van der Waals surface area contributed by atoms with Crippen molar-refractivity contribution < 1.29 is 9.47 Å². The van der Waals surface area contributed by atoms with E-state index in [4.69, 9.17) is 14.5 Å². The molecule has 0 amide bonds. The third-order valence-corrected chi connectivity index (χ3v) is 5.60. The molecule has 0 spiro atoms. The van der Waals surface area contributed by atoms with Crippen molar-refractivity contribution >= 4 is 16.7 Å². The van der Waals surface area contributed by atoms with Gasteiger partial charge in [0.1, 0.15) is 12.5 Å². The molecule has 0 radical (unpaired) electrons. The molecular weight excluding hydrogens is 338 g/mol. The summed E-state index contributed by atoms with van der Waals surface area (Å²) in [7, 11) is 1.69. The van der Waals surface area contributed by atoms with Crippen LogP contribution in [0.4, 0.5) is 5.82 Å². The quantitative estimate of drug-likeness (QED) is 0.622. The van der Waals surface area contributed by atoms with Crippen LogP contribution in [0.15, 0.2) is 36.5 Å². The Morgan fingerprint density at radius 3 is 2.70 bits per heavy atom. The molecule has 1 aromatic carbocycles. The zero-order valence-electron chi connectivity index (χ0n) is 16.4. The van der Waals surface area contributed by atoms with E-state index in [1.165, 1.54) is 33.3 Å². The fourth-order valence-electron chi connectivity index (χ4n) is 3.97. The van der Waals surface area contributed by atoms with Crippen molar-refractivity contribution in [3.63, 3.8) is 0 Å². The predicted molar refractivity (Wildman–Crippen MR) is 108 cm³/mol. The van der Waals surface area contributed by atoms with E-state index >= 15 is 0 Å². The van der Waals surface area contributed by atoms with E-state index in [1.807, 2.05) is 6.20 Å². The molecule has 1 aliphatic rings. The first kappa shape index (κ1) is 18.0. The van der Waals surface area contributed by atoms with Crippen LogP contribution in [0.1, 0.15) is 22.4 Å². The van der Waals surface area contributed by atoms with Gasteiger partial charge in [-0.25, -0.2) is 4.98 Å². The number of aryl methyl sites for hydroxylation is 1. The number of nitrogens with zero attached hydrogens (tertiary/aromatic N) is 3. The summed E-state index contributed by atoms with van der Waals surface area (Å²) in [5.74, 6) is 1.08. The highest BCUT2D eigenvalue weighted by molar-refractivity contribution is 5.94. The van der Waals surface area contributed by atoms with E-state index in [0.29, 0.717) is 19.9 Å². The Kier molecular flexibility index (Phi) is 5.14. The van der Waals surface area contributed by atoms with Crippen LogP contribution >= 0.6 is 0 Å². The number of hydrogen-bond acceptors (Lipinski definition) is 4. The summed E-state index contributed by atoms with van der Waals surface area (Å²) >= 11 is 0. The Morgan fingerprint density at radius 2 is 1.89 bits per heavy atom. The molecular formula is C22H27N3O2. The third kappa shape index (κ3) is 3.33. The molecule has 0 saturated heterocycles. The van der Waals surface area contributed by atoms with Crippen LogP contribution in [0, 0.1) is 13.8 Å². The molecule has 2 aromatic heterocycles. The van der Waals surface area contributed by atoms with Crippen molar-refractivity contribution in [1.29, 1.82) is 0 Å². The fourth-order valence-corrected chi connectivity index (χ4v) is 3.97. The Hall–Kier alpha value is -2.37. The van der Waals surface area contributed by atoms with Crippen LogP contribution in [0.25, 0.3) is 10.9 Å². The maximum absolute atomic E-state index is 5.80. The fraction of sp³-hybridized carbons (Fsp3) is 0.409. The summed E-state index contributed by atoms with van der Waals surface area (Å²) < 4.78 is 13.1. The minimum absolute atomic E-state index is 0.534. The Bertz CT molecular complexity index is 948. The largest absolute Gasteiger partial charge is 0.382 e. The molecule has 1 aliphatic heterocycles. The van der Waals surface area contributed by atoms with E-state index in [-0.39, 0.29) is 0 Å². The lowest BCUT2D eigenvalue weighted by Crippen LogP contribution is -2.31. The van der Waals surface area contributed by atoms with E-state index in [9.17, 15) is 0 Å². The SMILES string of the molecule is COCCOCn1c(C)c(C)c2c(N3CCc4ccccc4C3)nccc21. The summed E-state index contributed by atoms with van der Waals surface area (Å²) in [5, 5.41) is 1.24. The molecule has 0 unspecified atom stereocenters. The van der Waals surface area contributed by atoms with Gasteiger partial charge in [-0.1, -0.05) is 24.3 Å². The lowest BCUT2D eigenvalue weighted by Gasteiger charge is -2.30. The van der Waals surface area contributed by atoms with Gasteiger partial charge < -0.3 is 18.9 Å². The minimum Gasteiger partial charge on any atom is -0.382 e. The van der Waals surface area contributed by atoms with E-state index in [1.54, 1.807) is 7.11 Å². The number of ether oxygens (including phenoxy) is 2. The smallest absolute Gasteiger partial charge is 0.138 e. The van der Waals surface area contributed by atoms with Crippen molar-refractivity contribution in [2.75, 3.05) is 31.8 Å². The van der Waals surface area contributed by atoms with E-state index in [2.05, 4.69) is 53.6 Å². The van der Waals surface area contributed by atoms with Crippen LogP contribution < -0.4 is 4.90 Å². The lowest BCUT2D eigenvalue weighted by molar-refractivity contribution is 0.0352. The van der Waals surface area contributed by atoms with Crippen molar-refractivity contribution in [2.24, 2.45) is 0 Å².